The lowest BCUT2D eigenvalue weighted by Crippen LogP contribution is -2.16. The number of hydrogen-bond donors (Lipinski definition) is 1. The van der Waals surface area contributed by atoms with Crippen LogP contribution in [0.1, 0.15) is 78.1 Å². The first-order chi connectivity index (χ1) is 9.41. The van der Waals surface area contributed by atoms with Crippen LogP contribution in [-0.2, 0) is 0 Å². The van der Waals surface area contributed by atoms with Crippen LogP contribution in [0.4, 0.5) is 0 Å². The third-order valence-corrected chi connectivity index (χ3v) is 3.25. The molecular formula is C18H35N. The summed E-state index contributed by atoms with van der Waals surface area (Å²) in [6.45, 7) is 6.79. The second-order valence-corrected chi connectivity index (χ2v) is 5.21. The van der Waals surface area contributed by atoms with Crippen LogP contribution in [0.25, 0.3) is 0 Å². The van der Waals surface area contributed by atoms with Gasteiger partial charge in [-0.25, -0.2) is 0 Å². The average molecular weight is 265 g/mol. The Balaban J connectivity index is 2.99. The molecule has 0 aromatic heterocycles. The van der Waals surface area contributed by atoms with E-state index in [9.17, 15) is 0 Å². The molecule has 0 rings (SSSR count). The quantitative estimate of drug-likeness (QED) is 0.317. The van der Waals surface area contributed by atoms with Gasteiger partial charge in [0.15, 0.2) is 0 Å². The summed E-state index contributed by atoms with van der Waals surface area (Å²) in [5.74, 6) is 0. The molecule has 112 valence electrons. The first-order valence-corrected chi connectivity index (χ1v) is 8.42. The molecule has 0 saturated carbocycles. The Bertz CT molecular complexity index is 184. The Kier molecular flexibility index (Phi) is 16.9. The van der Waals surface area contributed by atoms with Crippen molar-refractivity contribution in [2.45, 2.75) is 78.1 Å². The summed E-state index contributed by atoms with van der Waals surface area (Å²) in [7, 11) is 0. The molecule has 19 heavy (non-hydrogen) atoms. The molecule has 0 aromatic carbocycles. The Morgan fingerprint density at radius 1 is 0.579 bits per heavy atom. The van der Waals surface area contributed by atoms with Crippen LogP contribution in [0.5, 0.6) is 0 Å². The second-order valence-electron chi connectivity index (χ2n) is 5.21. The summed E-state index contributed by atoms with van der Waals surface area (Å²) in [5.41, 5.74) is 0. The lowest BCUT2D eigenvalue weighted by Gasteiger charge is -2.04. The zero-order valence-corrected chi connectivity index (χ0v) is 13.3. The summed E-state index contributed by atoms with van der Waals surface area (Å²) < 4.78 is 0. The Morgan fingerprint density at radius 2 is 1.05 bits per heavy atom. The first kappa shape index (κ1) is 18.4. The summed E-state index contributed by atoms with van der Waals surface area (Å²) in [4.78, 5) is 0. The molecule has 0 saturated heterocycles. The average Bonchev–Trinajstić information content (AvgIpc) is 2.43. The van der Waals surface area contributed by atoms with Crippen molar-refractivity contribution in [2.24, 2.45) is 0 Å². The van der Waals surface area contributed by atoms with Crippen LogP contribution in [0, 0.1) is 0 Å². The standard InChI is InChI=1S/C18H35N/c1-3-5-7-9-11-13-15-17-19-18-16-14-12-10-8-6-4-2/h5-8,19H,3-4,9-18H2,1-2H3/b7-5+,8-6+. The molecule has 0 unspecified atom stereocenters. The SMILES string of the molecule is CC/C=C/CCCCCNCCCCC/C=C/CC. The van der Waals surface area contributed by atoms with Crippen molar-refractivity contribution in [2.75, 3.05) is 13.1 Å². The predicted molar refractivity (Wildman–Crippen MR) is 88.7 cm³/mol. The largest absolute Gasteiger partial charge is 0.317 e. The van der Waals surface area contributed by atoms with Gasteiger partial charge in [0, 0.05) is 0 Å². The van der Waals surface area contributed by atoms with Gasteiger partial charge in [-0.3, -0.25) is 0 Å². The Labute approximate surface area is 121 Å². The van der Waals surface area contributed by atoms with Crippen molar-refractivity contribution < 1.29 is 0 Å². The van der Waals surface area contributed by atoms with Gasteiger partial charge in [-0.2, -0.15) is 0 Å². The van der Waals surface area contributed by atoms with Crippen LogP contribution in [0.15, 0.2) is 24.3 Å². The molecule has 0 bridgehead atoms. The maximum atomic E-state index is 3.55. The lowest BCUT2D eigenvalue weighted by molar-refractivity contribution is 0.571. The molecule has 0 aromatic rings. The van der Waals surface area contributed by atoms with E-state index in [0.717, 1.165) is 0 Å². The molecule has 0 atom stereocenters. The fraction of sp³-hybridized carbons (Fsp3) is 0.778. The fourth-order valence-electron chi connectivity index (χ4n) is 2.07. The molecule has 0 aliphatic carbocycles. The fourth-order valence-corrected chi connectivity index (χ4v) is 2.07. The topological polar surface area (TPSA) is 12.0 Å². The molecule has 0 spiro atoms. The monoisotopic (exact) mass is 265 g/mol. The van der Waals surface area contributed by atoms with Gasteiger partial charge in [0.1, 0.15) is 0 Å². The van der Waals surface area contributed by atoms with E-state index in [0.29, 0.717) is 0 Å². The number of hydrogen-bond acceptors (Lipinski definition) is 1. The van der Waals surface area contributed by atoms with E-state index in [1.54, 1.807) is 0 Å². The van der Waals surface area contributed by atoms with Gasteiger partial charge in [0.2, 0.25) is 0 Å². The molecule has 0 amide bonds. The third kappa shape index (κ3) is 17.4. The van der Waals surface area contributed by atoms with E-state index in [2.05, 4.69) is 43.5 Å². The molecule has 1 N–H and O–H groups in total. The van der Waals surface area contributed by atoms with Crippen LogP contribution >= 0.6 is 0 Å². The number of rotatable bonds is 14. The van der Waals surface area contributed by atoms with Gasteiger partial charge < -0.3 is 5.32 Å². The normalized spacial score (nSPS) is 11.9. The first-order valence-electron chi connectivity index (χ1n) is 8.42. The Hall–Kier alpha value is -0.560. The highest BCUT2D eigenvalue weighted by Crippen LogP contribution is 2.02. The van der Waals surface area contributed by atoms with Crippen molar-refractivity contribution in [3.63, 3.8) is 0 Å². The zero-order chi connectivity index (χ0) is 14.0. The molecule has 0 heterocycles. The number of nitrogens with one attached hydrogen (secondary N) is 1. The van der Waals surface area contributed by atoms with Crippen LogP contribution < -0.4 is 5.32 Å². The van der Waals surface area contributed by atoms with Crippen LogP contribution in [-0.4, -0.2) is 13.1 Å². The van der Waals surface area contributed by atoms with Crippen molar-refractivity contribution in [3.05, 3.63) is 24.3 Å². The van der Waals surface area contributed by atoms with E-state index in [1.165, 1.54) is 77.3 Å². The van der Waals surface area contributed by atoms with E-state index < -0.39 is 0 Å². The third-order valence-electron chi connectivity index (χ3n) is 3.25. The summed E-state index contributed by atoms with van der Waals surface area (Å²) >= 11 is 0. The predicted octanol–water partition coefficient (Wildman–Crippen LogP) is 5.63. The van der Waals surface area contributed by atoms with E-state index >= 15 is 0 Å². The van der Waals surface area contributed by atoms with E-state index in [1.807, 2.05) is 0 Å². The van der Waals surface area contributed by atoms with Crippen LogP contribution in [0.2, 0.25) is 0 Å². The molecule has 1 nitrogen and oxygen atoms in total. The van der Waals surface area contributed by atoms with Crippen molar-refractivity contribution in [3.8, 4) is 0 Å². The number of allylic oxidation sites excluding steroid dienone is 4. The Morgan fingerprint density at radius 3 is 1.47 bits per heavy atom. The van der Waals surface area contributed by atoms with Gasteiger partial charge in [-0.15, -0.1) is 0 Å². The van der Waals surface area contributed by atoms with Crippen molar-refractivity contribution in [1.82, 2.24) is 5.32 Å². The van der Waals surface area contributed by atoms with Crippen LogP contribution in [0.3, 0.4) is 0 Å². The van der Waals surface area contributed by atoms with Gasteiger partial charge in [0.25, 0.3) is 0 Å². The molecule has 0 aliphatic heterocycles. The minimum Gasteiger partial charge on any atom is -0.317 e. The molecule has 0 aliphatic rings. The highest BCUT2D eigenvalue weighted by molar-refractivity contribution is 4.80. The molecule has 0 fully saturated rings. The summed E-state index contributed by atoms with van der Waals surface area (Å²) in [6, 6.07) is 0. The van der Waals surface area contributed by atoms with Crippen molar-refractivity contribution >= 4 is 0 Å². The van der Waals surface area contributed by atoms with Gasteiger partial charge >= 0.3 is 0 Å². The molecular weight excluding hydrogens is 230 g/mol. The maximum Gasteiger partial charge on any atom is -0.00489 e. The van der Waals surface area contributed by atoms with Gasteiger partial charge in [-0.1, -0.05) is 51.0 Å². The highest BCUT2D eigenvalue weighted by Gasteiger charge is 1.90. The lowest BCUT2D eigenvalue weighted by atomic mass is 10.1. The minimum atomic E-state index is 1.18. The summed E-state index contributed by atoms with van der Waals surface area (Å²) in [6.07, 6.45) is 22.2. The van der Waals surface area contributed by atoms with Crippen molar-refractivity contribution in [1.29, 1.82) is 0 Å². The number of unbranched alkanes of at least 4 members (excludes halogenated alkanes) is 6. The van der Waals surface area contributed by atoms with E-state index in [-0.39, 0.29) is 0 Å². The second kappa shape index (κ2) is 17.4. The van der Waals surface area contributed by atoms with E-state index in [4.69, 9.17) is 0 Å². The highest BCUT2D eigenvalue weighted by atomic mass is 14.8. The molecule has 0 radical (unpaired) electrons. The van der Waals surface area contributed by atoms with Gasteiger partial charge in [-0.05, 0) is 64.5 Å². The minimum absolute atomic E-state index is 1.18. The summed E-state index contributed by atoms with van der Waals surface area (Å²) in [5, 5.41) is 3.55. The zero-order valence-electron chi connectivity index (χ0n) is 13.3. The smallest absolute Gasteiger partial charge is 0.00489 e. The molecule has 1 heteroatoms. The maximum absolute atomic E-state index is 3.55. The van der Waals surface area contributed by atoms with Gasteiger partial charge in [0.05, 0.1) is 0 Å².